The summed E-state index contributed by atoms with van der Waals surface area (Å²) in [6.07, 6.45) is -0.565. The van der Waals surface area contributed by atoms with E-state index in [0.717, 1.165) is 50.8 Å². The van der Waals surface area contributed by atoms with Gasteiger partial charge in [-0.1, -0.05) is 58.9 Å². The summed E-state index contributed by atoms with van der Waals surface area (Å²) in [5.41, 5.74) is 2.32. The van der Waals surface area contributed by atoms with Crippen LogP contribution in [0.15, 0.2) is 29.3 Å². The van der Waals surface area contributed by atoms with Gasteiger partial charge in [0, 0.05) is 52.4 Å². The van der Waals surface area contributed by atoms with Gasteiger partial charge in [-0.25, -0.2) is 0 Å². The molecular formula is C25H45N5O. The summed E-state index contributed by atoms with van der Waals surface area (Å²) in [6, 6.07) is 8.27. The second kappa shape index (κ2) is 12.4. The van der Waals surface area contributed by atoms with Gasteiger partial charge < -0.3 is 25.5 Å². The van der Waals surface area contributed by atoms with Gasteiger partial charge in [-0.2, -0.15) is 0 Å². The summed E-state index contributed by atoms with van der Waals surface area (Å²) in [5.74, 6) is 1.27. The maximum absolute atomic E-state index is 10.6. The average Bonchev–Trinajstić information content (AvgIpc) is 2.75. The van der Waals surface area contributed by atoms with Crippen LogP contribution in [-0.4, -0.2) is 79.8 Å². The number of piperazine rings is 1. The van der Waals surface area contributed by atoms with Gasteiger partial charge in [0.15, 0.2) is 5.96 Å². The molecule has 3 N–H and O–H groups in total. The quantitative estimate of drug-likeness (QED) is 0.415. The number of aliphatic hydroxyl groups is 1. The minimum Gasteiger partial charge on any atom is -0.387 e. The first-order valence-corrected chi connectivity index (χ1v) is 12.0. The molecule has 1 saturated heterocycles. The molecule has 0 saturated carbocycles. The van der Waals surface area contributed by atoms with Crippen LogP contribution in [0.4, 0.5) is 0 Å². The molecule has 0 radical (unpaired) electrons. The third kappa shape index (κ3) is 8.79. The second-order valence-corrected chi connectivity index (χ2v) is 9.83. The van der Waals surface area contributed by atoms with Gasteiger partial charge in [0.05, 0.1) is 6.10 Å². The van der Waals surface area contributed by atoms with Crippen LogP contribution in [0.2, 0.25) is 0 Å². The Bertz CT molecular complexity index is 659. The largest absolute Gasteiger partial charge is 0.387 e. The molecule has 0 spiro atoms. The van der Waals surface area contributed by atoms with Crippen molar-refractivity contribution in [3.63, 3.8) is 0 Å². The third-order valence-electron chi connectivity index (χ3n) is 6.01. The zero-order valence-corrected chi connectivity index (χ0v) is 20.6. The summed E-state index contributed by atoms with van der Waals surface area (Å²) in [4.78, 5) is 9.83. The molecule has 2 rings (SSSR count). The van der Waals surface area contributed by atoms with Crippen molar-refractivity contribution in [3.8, 4) is 0 Å². The van der Waals surface area contributed by atoms with E-state index in [2.05, 4.69) is 74.1 Å². The number of rotatable bonds is 9. The van der Waals surface area contributed by atoms with Gasteiger partial charge in [-0.05, 0) is 35.9 Å². The Morgan fingerprint density at radius 3 is 2.19 bits per heavy atom. The van der Waals surface area contributed by atoms with Crippen molar-refractivity contribution in [2.45, 2.75) is 53.1 Å². The van der Waals surface area contributed by atoms with Gasteiger partial charge in [0.25, 0.3) is 0 Å². The number of nitrogens with one attached hydrogen (secondary N) is 2. The topological polar surface area (TPSA) is 63.1 Å². The van der Waals surface area contributed by atoms with Crippen LogP contribution >= 0.6 is 0 Å². The fraction of sp³-hybridized carbons (Fsp3) is 0.720. The molecule has 176 valence electrons. The predicted molar refractivity (Wildman–Crippen MR) is 132 cm³/mol. The van der Waals surface area contributed by atoms with E-state index >= 15 is 0 Å². The summed E-state index contributed by atoms with van der Waals surface area (Å²) in [7, 11) is 0. The second-order valence-electron chi connectivity index (χ2n) is 9.83. The number of nitrogens with zero attached hydrogens (tertiary/aromatic N) is 3. The van der Waals surface area contributed by atoms with E-state index in [4.69, 9.17) is 4.99 Å². The Labute approximate surface area is 190 Å². The summed E-state index contributed by atoms with van der Waals surface area (Å²) >= 11 is 0. The van der Waals surface area contributed by atoms with Crippen molar-refractivity contribution in [1.29, 1.82) is 0 Å². The molecule has 1 aliphatic rings. The van der Waals surface area contributed by atoms with Gasteiger partial charge in [-0.3, -0.25) is 4.99 Å². The van der Waals surface area contributed by atoms with Crippen LogP contribution in [0.25, 0.3) is 0 Å². The standard InChI is InChI=1S/C25H45N5O/c1-7-26-24(27-17-20(3)19-30-15-13-29(8-2)14-16-30)28-18-23(31)21-9-11-22(12-10-21)25(4,5)6/h9-12,20,23,31H,7-8,13-19H2,1-6H3,(H2,26,27,28). The van der Waals surface area contributed by atoms with Crippen LogP contribution in [0.5, 0.6) is 0 Å². The molecule has 1 heterocycles. The molecule has 31 heavy (non-hydrogen) atoms. The molecular weight excluding hydrogens is 386 g/mol. The number of hydrogen-bond donors (Lipinski definition) is 3. The van der Waals surface area contributed by atoms with Crippen LogP contribution in [0, 0.1) is 5.92 Å². The van der Waals surface area contributed by atoms with Crippen molar-refractivity contribution in [1.82, 2.24) is 20.4 Å². The number of aliphatic imine (C=N–C) groups is 1. The fourth-order valence-corrected chi connectivity index (χ4v) is 3.89. The molecule has 0 aromatic heterocycles. The molecule has 1 aromatic rings. The highest BCUT2D eigenvalue weighted by Gasteiger charge is 2.18. The lowest BCUT2D eigenvalue weighted by Gasteiger charge is -2.35. The number of hydrogen-bond acceptors (Lipinski definition) is 4. The molecule has 1 aromatic carbocycles. The Kier molecular flexibility index (Phi) is 10.3. The van der Waals surface area contributed by atoms with E-state index in [1.165, 1.54) is 18.7 Å². The molecule has 1 fully saturated rings. The minimum absolute atomic E-state index is 0.118. The maximum Gasteiger partial charge on any atom is 0.191 e. The SMILES string of the molecule is CCNC(=NCC(C)CN1CCN(CC)CC1)NCC(O)c1ccc(C(C)(C)C)cc1. The molecule has 0 amide bonds. The van der Waals surface area contributed by atoms with E-state index in [9.17, 15) is 5.11 Å². The van der Waals surface area contributed by atoms with Gasteiger partial charge in [0.2, 0.25) is 0 Å². The van der Waals surface area contributed by atoms with Crippen molar-refractivity contribution >= 4 is 5.96 Å². The highest BCUT2D eigenvalue weighted by atomic mass is 16.3. The monoisotopic (exact) mass is 431 g/mol. The number of guanidine groups is 1. The Balaban J connectivity index is 1.82. The zero-order chi connectivity index (χ0) is 22.9. The molecule has 2 atom stereocenters. The van der Waals surface area contributed by atoms with Crippen LogP contribution in [0.1, 0.15) is 58.8 Å². The van der Waals surface area contributed by atoms with E-state index in [1.54, 1.807) is 0 Å². The van der Waals surface area contributed by atoms with E-state index < -0.39 is 6.10 Å². The molecule has 0 bridgehead atoms. The van der Waals surface area contributed by atoms with Crippen LogP contribution in [-0.2, 0) is 5.41 Å². The first-order chi connectivity index (χ1) is 14.7. The number of aliphatic hydroxyl groups excluding tert-OH is 1. The van der Waals surface area contributed by atoms with Crippen molar-refractivity contribution in [2.24, 2.45) is 10.9 Å². The number of benzene rings is 1. The summed E-state index contributed by atoms with van der Waals surface area (Å²) < 4.78 is 0. The molecule has 0 aliphatic carbocycles. The van der Waals surface area contributed by atoms with Gasteiger partial charge >= 0.3 is 0 Å². The predicted octanol–water partition coefficient (Wildman–Crippen LogP) is 2.85. The minimum atomic E-state index is -0.565. The molecule has 6 heteroatoms. The Morgan fingerprint density at radius 1 is 1.03 bits per heavy atom. The highest BCUT2D eigenvalue weighted by molar-refractivity contribution is 5.79. The van der Waals surface area contributed by atoms with Gasteiger partial charge in [-0.15, -0.1) is 0 Å². The average molecular weight is 432 g/mol. The van der Waals surface area contributed by atoms with E-state index in [-0.39, 0.29) is 5.41 Å². The van der Waals surface area contributed by atoms with E-state index in [0.29, 0.717) is 12.5 Å². The maximum atomic E-state index is 10.6. The van der Waals surface area contributed by atoms with Crippen molar-refractivity contribution < 1.29 is 5.11 Å². The molecule has 1 aliphatic heterocycles. The highest BCUT2D eigenvalue weighted by Crippen LogP contribution is 2.23. The van der Waals surface area contributed by atoms with Crippen LogP contribution < -0.4 is 10.6 Å². The summed E-state index contributed by atoms with van der Waals surface area (Å²) in [6.45, 7) is 22.1. The van der Waals surface area contributed by atoms with E-state index in [1.807, 2.05) is 12.1 Å². The Morgan fingerprint density at radius 2 is 1.65 bits per heavy atom. The third-order valence-corrected chi connectivity index (χ3v) is 6.01. The van der Waals surface area contributed by atoms with Crippen LogP contribution in [0.3, 0.4) is 0 Å². The smallest absolute Gasteiger partial charge is 0.191 e. The summed E-state index contributed by atoms with van der Waals surface area (Å²) in [5, 5.41) is 17.2. The van der Waals surface area contributed by atoms with Gasteiger partial charge in [0.1, 0.15) is 0 Å². The fourth-order valence-electron chi connectivity index (χ4n) is 3.89. The first-order valence-electron chi connectivity index (χ1n) is 12.0. The lowest BCUT2D eigenvalue weighted by atomic mass is 9.86. The Hall–Kier alpha value is -1.63. The first kappa shape index (κ1) is 25.6. The molecule has 2 unspecified atom stereocenters. The zero-order valence-electron chi connectivity index (χ0n) is 20.6. The molecule has 6 nitrogen and oxygen atoms in total. The van der Waals surface area contributed by atoms with Crippen molar-refractivity contribution in [2.75, 3.05) is 58.9 Å². The lowest BCUT2D eigenvalue weighted by Crippen LogP contribution is -2.47. The van der Waals surface area contributed by atoms with Crippen molar-refractivity contribution in [3.05, 3.63) is 35.4 Å². The number of likely N-dealkylation sites (N-methyl/N-ethyl adjacent to an activating group) is 1. The normalized spacial score (nSPS) is 18.6. The lowest BCUT2D eigenvalue weighted by molar-refractivity contribution is 0.125.